The van der Waals surface area contributed by atoms with Crippen molar-refractivity contribution in [1.82, 2.24) is 4.90 Å². The van der Waals surface area contributed by atoms with Crippen molar-refractivity contribution in [3.8, 4) is 12.3 Å². The minimum Gasteiger partial charge on any atom is -0.273 e. The predicted molar refractivity (Wildman–Crippen MR) is 57.8 cm³/mol. The zero-order valence-corrected chi connectivity index (χ0v) is 9.11. The third-order valence-corrected chi connectivity index (χ3v) is 2.16. The summed E-state index contributed by atoms with van der Waals surface area (Å²) in [5, 5.41) is 17.7. The molecule has 1 amide bonds. The lowest BCUT2D eigenvalue weighted by atomic mass is 10.2. The Hall–Kier alpha value is -2.04. The molecule has 4 nitrogen and oxygen atoms in total. The van der Waals surface area contributed by atoms with Crippen molar-refractivity contribution < 1.29 is 4.79 Å². The number of nitrogens with zero attached hydrogens (tertiary/aromatic N) is 3. The molecule has 0 radical (unpaired) electrons. The van der Waals surface area contributed by atoms with Crippen LogP contribution in [0.2, 0.25) is 5.02 Å². The van der Waals surface area contributed by atoms with Crippen molar-refractivity contribution in [2.24, 2.45) is 0 Å². The van der Waals surface area contributed by atoms with Gasteiger partial charge in [-0.2, -0.15) is 10.5 Å². The molecule has 0 aliphatic carbocycles. The van der Waals surface area contributed by atoms with E-state index in [2.05, 4.69) is 0 Å². The SMILES string of the molecule is N#CCC(=O)N(C#N)Cc1ccc(Cl)cc1. The predicted octanol–water partition coefficient (Wildman–Crippen LogP) is 2.06. The molecular weight excluding hydrogens is 226 g/mol. The number of hydrogen-bond donors (Lipinski definition) is 0. The monoisotopic (exact) mass is 233 g/mol. The third-order valence-electron chi connectivity index (χ3n) is 1.91. The molecule has 0 N–H and O–H groups in total. The molecule has 0 bridgehead atoms. The molecule has 16 heavy (non-hydrogen) atoms. The highest BCUT2D eigenvalue weighted by molar-refractivity contribution is 6.30. The smallest absolute Gasteiger partial charge is 0.250 e. The Balaban J connectivity index is 2.72. The minimum atomic E-state index is -0.500. The van der Waals surface area contributed by atoms with Gasteiger partial charge in [-0.15, -0.1) is 0 Å². The van der Waals surface area contributed by atoms with Crippen LogP contribution < -0.4 is 0 Å². The molecule has 1 aromatic carbocycles. The third kappa shape index (κ3) is 3.27. The summed E-state index contributed by atoms with van der Waals surface area (Å²) in [6.45, 7) is 0.161. The zero-order valence-electron chi connectivity index (χ0n) is 8.35. The second kappa shape index (κ2) is 5.75. The van der Waals surface area contributed by atoms with Gasteiger partial charge in [0.15, 0.2) is 6.19 Å². The highest BCUT2D eigenvalue weighted by Gasteiger charge is 2.12. The highest BCUT2D eigenvalue weighted by atomic mass is 35.5. The van der Waals surface area contributed by atoms with Crippen molar-refractivity contribution in [3.05, 3.63) is 34.9 Å². The van der Waals surface area contributed by atoms with Gasteiger partial charge in [0.1, 0.15) is 6.42 Å². The van der Waals surface area contributed by atoms with Crippen LogP contribution >= 0.6 is 11.6 Å². The van der Waals surface area contributed by atoms with Crippen LogP contribution in [0.5, 0.6) is 0 Å². The summed E-state index contributed by atoms with van der Waals surface area (Å²) < 4.78 is 0. The van der Waals surface area contributed by atoms with E-state index in [0.717, 1.165) is 10.5 Å². The van der Waals surface area contributed by atoms with Gasteiger partial charge in [-0.1, -0.05) is 23.7 Å². The lowest BCUT2D eigenvalue weighted by Crippen LogP contribution is -2.24. The molecule has 0 aliphatic rings. The number of amides is 1. The lowest BCUT2D eigenvalue weighted by Gasteiger charge is -2.11. The van der Waals surface area contributed by atoms with E-state index in [4.69, 9.17) is 22.1 Å². The summed E-state index contributed by atoms with van der Waals surface area (Å²) >= 11 is 5.71. The largest absolute Gasteiger partial charge is 0.273 e. The first-order valence-corrected chi connectivity index (χ1v) is 4.86. The van der Waals surface area contributed by atoms with E-state index in [1.165, 1.54) is 0 Å². The summed E-state index contributed by atoms with van der Waals surface area (Å²) in [7, 11) is 0. The van der Waals surface area contributed by atoms with Crippen LogP contribution in [0.3, 0.4) is 0 Å². The average Bonchev–Trinajstić information content (AvgIpc) is 2.28. The van der Waals surface area contributed by atoms with Gasteiger partial charge in [0.05, 0.1) is 12.6 Å². The summed E-state index contributed by atoms with van der Waals surface area (Å²) in [6, 6.07) is 8.53. The maximum Gasteiger partial charge on any atom is 0.250 e. The second-order valence-corrected chi connectivity index (χ2v) is 3.48. The Bertz CT molecular complexity index is 456. The summed E-state index contributed by atoms with van der Waals surface area (Å²) in [6.07, 6.45) is 1.46. The molecule has 0 heterocycles. The average molecular weight is 234 g/mol. The van der Waals surface area contributed by atoms with Gasteiger partial charge in [0, 0.05) is 5.02 Å². The van der Waals surface area contributed by atoms with Gasteiger partial charge < -0.3 is 0 Å². The molecule has 0 fully saturated rings. The van der Waals surface area contributed by atoms with Crippen LogP contribution in [0.15, 0.2) is 24.3 Å². The number of halogens is 1. The number of carbonyl (C=O) groups excluding carboxylic acids is 1. The van der Waals surface area contributed by atoms with E-state index >= 15 is 0 Å². The molecule has 0 unspecified atom stereocenters. The van der Waals surface area contributed by atoms with E-state index in [1.807, 2.05) is 0 Å². The van der Waals surface area contributed by atoms with Gasteiger partial charge in [0.2, 0.25) is 5.91 Å². The van der Waals surface area contributed by atoms with E-state index in [1.54, 1.807) is 36.5 Å². The maximum atomic E-state index is 11.3. The fourth-order valence-corrected chi connectivity index (χ4v) is 1.24. The Morgan fingerprint density at radius 3 is 2.44 bits per heavy atom. The lowest BCUT2D eigenvalue weighted by molar-refractivity contribution is -0.127. The summed E-state index contributed by atoms with van der Waals surface area (Å²) in [5.74, 6) is -0.500. The van der Waals surface area contributed by atoms with Crippen LogP contribution in [-0.2, 0) is 11.3 Å². The van der Waals surface area contributed by atoms with Gasteiger partial charge in [-0.3, -0.25) is 4.79 Å². The topological polar surface area (TPSA) is 67.9 Å². The normalized spacial score (nSPS) is 8.94. The number of nitriles is 2. The Morgan fingerprint density at radius 2 is 1.94 bits per heavy atom. The van der Waals surface area contributed by atoms with E-state index in [0.29, 0.717) is 5.02 Å². The maximum absolute atomic E-state index is 11.3. The van der Waals surface area contributed by atoms with E-state index < -0.39 is 5.91 Å². The van der Waals surface area contributed by atoms with Crippen molar-refractivity contribution >= 4 is 17.5 Å². The molecular formula is C11H8ClN3O. The van der Waals surface area contributed by atoms with E-state index in [9.17, 15) is 4.79 Å². The second-order valence-electron chi connectivity index (χ2n) is 3.04. The number of benzene rings is 1. The van der Waals surface area contributed by atoms with Crippen LogP contribution in [0, 0.1) is 22.8 Å². The fraction of sp³-hybridized carbons (Fsp3) is 0.182. The molecule has 0 atom stereocenters. The number of hydrogen-bond acceptors (Lipinski definition) is 3. The van der Waals surface area contributed by atoms with Crippen LogP contribution in [-0.4, -0.2) is 10.8 Å². The molecule has 0 aliphatic heterocycles. The molecule has 0 spiro atoms. The van der Waals surface area contributed by atoms with Crippen molar-refractivity contribution in [2.45, 2.75) is 13.0 Å². The summed E-state index contributed by atoms with van der Waals surface area (Å²) in [4.78, 5) is 12.3. The molecule has 1 aromatic rings. The molecule has 0 saturated carbocycles. The van der Waals surface area contributed by atoms with Crippen molar-refractivity contribution in [3.63, 3.8) is 0 Å². The Kier molecular flexibility index (Phi) is 4.32. The first-order chi connectivity index (χ1) is 7.67. The van der Waals surface area contributed by atoms with Crippen molar-refractivity contribution in [2.75, 3.05) is 0 Å². The van der Waals surface area contributed by atoms with Gasteiger partial charge >= 0.3 is 0 Å². The summed E-state index contributed by atoms with van der Waals surface area (Å²) in [5.41, 5.74) is 0.789. The minimum absolute atomic E-state index is 0.161. The van der Waals surface area contributed by atoms with Crippen LogP contribution in [0.1, 0.15) is 12.0 Å². The molecule has 0 saturated heterocycles. The number of carbonyl (C=O) groups is 1. The van der Waals surface area contributed by atoms with Crippen LogP contribution in [0.4, 0.5) is 0 Å². The highest BCUT2D eigenvalue weighted by Crippen LogP contribution is 2.11. The molecule has 80 valence electrons. The number of rotatable bonds is 3. The Morgan fingerprint density at radius 1 is 1.31 bits per heavy atom. The van der Waals surface area contributed by atoms with Gasteiger partial charge in [-0.05, 0) is 17.7 Å². The molecule has 5 heteroatoms. The van der Waals surface area contributed by atoms with Gasteiger partial charge in [-0.25, -0.2) is 4.90 Å². The quantitative estimate of drug-likeness (QED) is 0.593. The fourth-order valence-electron chi connectivity index (χ4n) is 1.11. The van der Waals surface area contributed by atoms with Crippen molar-refractivity contribution in [1.29, 1.82) is 10.5 Å². The zero-order chi connectivity index (χ0) is 12.0. The van der Waals surface area contributed by atoms with Crippen LogP contribution in [0.25, 0.3) is 0 Å². The standard InChI is InChI=1S/C11H8ClN3O/c12-10-3-1-9(2-4-10)7-15(8-14)11(16)5-6-13/h1-4H,5,7H2. The van der Waals surface area contributed by atoms with Gasteiger partial charge in [0.25, 0.3) is 0 Å². The van der Waals surface area contributed by atoms with E-state index in [-0.39, 0.29) is 13.0 Å². The first-order valence-electron chi connectivity index (χ1n) is 4.49. The Labute approximate surface area is 98.3 Å². The molecule has 1 rings (SSSR count). The molecule has 0 aromatic heterocycles. The first kappa shape index (κ1) is 12.0.